The number of amides is 2. The van der Waals surface area contributed by atoms with Gasteiger partial charge in [0.15, 0.2) is 0 Å². The monoisotopic (exact) mass is 341 g/mol. The lowest BCUT2D eigenvalue weighted by molar-refractivity contribution is -0.124. The molecule has 0 radical (unpaired) electrons. The Labute approximate surface area is 139 Å². The maximum absolute atomic E-state index is 11.8. The summed E-state index contributed by atoms with van der Waals surface area (Å²) in [4.78, 5) is 23.7. The summed E-state index contributed by atoms with van der Waals surface area (Å²) in [6, 6.07) is 5.59. The highest BCUT2D eigenvalue weighted by molar-refractivity contribution is 7.99. The van der Waals surface area contributed by atoms with Crippen LogP contribution in [0.2, 0.25) is 5.02 Å². The van der Waals surface area contributed by atoms with Crippen molar-refractivity contribution in [1.82, 2.24) is 10.6 Å². The molecule has 0 spiro atoms. The van der Waals surface area contributed by atoms with Gasteiger partial charge in [-0.15, -0.1) is 0 Å². The van der Waals surface area contributed by atoms with Gasteiger partial charge in [-0.2, -0.15) is 11.8 Å². The predicted molar refractivity (Wildman–Crippen MR) is 91.6 cm³/mol. The minimum atomic E-state index is -0.287. The van der Waals surface area contributed by atoms with E-state index in [1.54, 1.807) is 12.1 Å². The molecule has 0 saturated carbocycles. The molecule has 5 nitrogen and oxygen atoms in total. The Morgan fingerprint density at radius 1 is 1.41 bits per heavy atom. The Bertz CT molecular complexity index is 548. The molecule has 0 aromatic heterocycles. The van der Waals surface area contributed by atoms with E-state index in [4.69, 9.17) is 11.6 Å². The Kier molecular flexibility index (Phi) is 6.54. The fourth-order valence-corrected chi connectivity index (χ4v) is 3.37. The van der Waals surface area contributed by atoms with E-state index in [0.29, 0.717) is 17.1 Å². The van der Waals surface area contributed by atoms with Gasteiger partial charge in [-0.25, -0.2) is 0 Å². The predicted octanol–water partition coefficient (Wildman–Crippen LogP) is 1.80. The normalized spacial score (nSPS) is 17.8. The topological polar surface area (TPSA) is 70.2 Å². The van der Waals surface area contributed by atoms with E-state index in [1.807, 2.05) is 24.8 Å². The van der Waals surface area contributed by atoms with E-state index in [-0.39, 0.29) is 24.4 Å². The summed E-state index contributed by atoms with van der Waals surface area (Å²) in [5.74, 6) is 1.60. The van der Waals surface area contributed by atoms with Crippen LogP contribution in [-0.4, -0.2) is 42.5 Å². The maximum Gasteiger partial charge on any atom is 0.243 e. The Hall–Kier alpha value is -1.24. The standard InChI is InChI=1S/C15H20ClN3O2S/c1-10-2-3-13(12(16)6-10)19-15(21)8-18-14(20)7-11-9-22-5-4-17-11/h2-3,6,11,17H,4-5,7-9H2,1H3,(H,18,20)(H,19,21). The Balaban J connectivity index is 1.73. The molecule has 1 fully saturated rings. The third kappa shape index (κ3) is 5.51. The summed E-state index contributed by atoms with van der Waals surface area (Å²) < 4.78 is 0. The molecule has 1 saturated heterocycles. The number of hydrogen-bond acceptors (Lipinski definition) is 4. The zero-order valence-corrected chi connectivity index (χ0v) is 14.0. The van der Waals surface area contributed by atoms with E-state index in [2.05, 4.69) is 16.0 Å². The molecule has 120 valence electrons. The van der Waals surface area contributed by atoms with Crippen LogP contribution in [0.5, 0.6) is 0 Å². The number of nitrogens with one attached hydrogen (secondary N) is 3. The highest BCUT2D eigenvalue weighted by atomic mass is 35.5. The second kappa shape index (κ2) is 8.41. The number of rotatable bonds is 5. The first kappa shape index (κ1) is 17.1. The van der Waals surface area contributed by atoms with Crippen molar-refractivity contribution in [2.75, 3.05) is 29.9 Å². The molecular weight excluding hydrogens is 322 g/mol. The molecule has 0 aliphatic carbocycles. The van der Waals surface area contributed by atoms with E-state index < -0.39 is 0 Å². The molecule has 7 heteroatoms. The second-order valence-electron chi connectivity index (χ2n) is 5.24. The second-order valence-corrected chi connectivity index (χ2v) is 6.80. The molecule has 1 aliphatic rings. The summed E-state index contributed by atoms with van der Waals surface area (Å²) in [5.41, 5.74) is 1.58. The molecule has 22 heavy (non-hydrogen) atoms. The fourth-order valence-electron chi connectivity index (χ4n) is 2.14. The number of anilines is 1. The molecule has 1 unspecified atom stereocenters. The van der Waals surface area contributed by atoms with Crippen LogP contribution >= 0.6 is 23.4 Å². The molecule has 1 aromatic rings. The molecule has 2 rings (SSSR count). The van der Waals surface area contributed by atoms with Gasteiger partial charge in [0.05, 0.1) is 17.3 Å². The van der Waals surface area contributed by atoms with Crippen molar-refractivity contribution in [3.05, 3.63) is 28.8 Å². The number of aryl methyl sites for hydroxylation is 1. The zero-order valence-electron chi connectivity index (χ0n) is 12.4. The van der Waals surface area contributed by atoms with Crippen molar-refractivity contribution in [2.24, 2.45) is 0 Å². The van der Waals surface area contributed by atoms with Crippen molar-refractivity contribution in [1.29, 1.82) is 0 Å². The van der Waals surface area contributed by atoms with Crippen LogP contribution in [0.15, 0.2) is 18.2 Å². The van der Waals surface area contributed by atoms with Crippen LogP contribution in [-0.2, 0) is 9.59 Å². The van der Waals surface area contributed by atoms with Crippen molar-refractivity contribution in [2.45, 2.75) is 19.4 Å². The largest absolute Gasteiger partial charge is 0.347 e. The first-order valence-corrected chi connectivity index (χ1v) is 8.71. The third-order valence-corrected chi connectivity index (χ3v) is 4.72. The van der Waals surface area contributed by atoms with Gasteiger partial charge in [-0.3, -0.25) is 9.59 Å². The quantitative estimate of drug-likeness (QED) is 0.763. The average molecular weight is 342 g/mol. The summed E-state index contributed by atoms with van der Waals surface area (Å²) in [6.07, 6.45) is 0.394. The third-order valence-electron chi connectivity index (χ3n) is 3.28. The van der Waals surface area contributed by atoms with Crippen LogP contribution in [0, 0.1) is 6.92 Å². The van der Waals surface area contributed by atoms with Crippen molar-refractivity contribution in [3.63, 3.8) is 0 Å². The maximum atomic E-state index is 11.8. The van der Waals surface area contributed by atoms with E-state index in [0.717, 1.165) is 23.6 Å². The van der Waals surface area contributed by atoms with Crippen LogP contribution in [0.4, 0.5) is 5.69 Å². The number of halogens is 1. The van der Waals surface area contributed by atoms with E-state index in [1.165, 1.54) is 0 Å². The Morgan fingerprint density at radius 3 is 2.91 bits per heavy atom. The van der Waals surface area contributed by atoms with E-state index in [9.17, 15) is 9.59 Å². The lowest BCUT2D eigenvalue weighted by Gasteiger charge is -2.22. The summed E-state index contributed by atoms with van der Waals surface area (Å²) in [7, 11) is 0. The number of benzene rings is 1. The minimum absolute atomic E-state index is 0.0527. The molecule has 2 amide bonds. The summed E-state index contributed by atoms with van der Waals surface area (Å²) >= 11 is 7.89. The van der Waals surface area contributed by atoms with Crippen molar-refractivity contribution in [3.8, 4) is 0 Å². The number of hydrogen-bond donors (Lipinski definition) is 3. The van der Waals surface area contributed by atoms with Crippen LogP contribution in [0.25, 0.3) is 0 Å². The highest BCUT2D eigenvalue weighted by Gasteiger charge is 2.17. The molecule has 1 atom stereocenters. The summed E-state index contributed by atoms with van der Waals surface area (Å²) in [6.45, 7) is 2.80. The molecular formula is C15H20ClN3O2S. The van der Waals surface area contributed by atoms with Crippen LogP contribution in [0.3, 0.4) is 0 Å². The molecule has 3 N–H and O–H groups in total. The van der Waals surface area contributed by atoms with Crippen molar-refractivity contribution < 1.29 is 9.59 Å². The molecule has 1 aliphatic heterocycles. The van der Waals surface area contributed by atoms with Gasteiger partial charge >= 0.3 is 0 Å². The van der Waals surface area contributed by atoms with Gasteiger partial charge in [0.2, 0.25) is 11.8 Å². The van der Waals surface area contributed by atoms with Gasteiger partial charge in [-0.05, 0) is 24.6 Å². The van der Waals surface area contributed by atoms with Gasteiger partial charge < -0.3 is 16.0 Å². The first-order valence-electron chi connectivity index (χ1n) is 7.18. The van der Waals surface area contributed by atoms with Gasteiger partial charge in [-0.1, -0.05) is 17.7 Å². The van der Waals surface area contributed by atoms with Gasteiger partial charge in [0.1, 0.15) is 0 Å². The smallest absolute Gasteiger partial charge is 0.243 e. The minimum Gasteiger partial charge on any atom is -0.347 e. The van der Waals surface area contributed by atoms with Crippen molar-refractivity contribution >= 4 is 40.9 Å². The fraction of sp³-hybridized carbons (Fsp3) is 0.467. The SMILES string of the molecule is Cc1ccc(NC(=O)CNC(=O)CC2CSCCN2)c(Cl)c1. The number of thioether (sulfide) groups is 1. The van der Waals surface area contributed by atoms with Crippen LogP contribution < -0.4 is 16.0 Å². The molecule has 1 heterocycles. The average Bonchev–Trinajstić information content (AvgIpc) is 2.49. The number of carbonyl (C=O) groups excluding carboxylic acids is 2. The molecule has 1 aromatic carbocycles. The zero-order chi connectivity index (χ0) is 15.9. The summed E-state index contributed by atoms with van der Waals surface area (Å²) in [5, 5.41) is 9.11. The highest BCUT2D eigenvalue weighted by Crippen LogP contribution is 2.22. The first-order chi connectivity index (χ1) is 10.5. The lowest BCUT2D eigenvalue weighted by atomic mass is 10.2. The van der Waals surface area contributed by atoms with Gasteiger partial charge in [0.25, 0.3) is 0 Å². The van der Waals surface area contributed by atoms with Gasteiger partial charge in [0, 0.05) is 30.5 Å². The Morgan fingerprint density at radius 2 is 2.23 bits per heavy atom. The number of carbonyl (C=O) groups is 2. The van der Waals surface area contributed by atoms with E-state index >= 15 is 0 Å². The van der Waals surface area contributed by atoms with Crippen LogP contribution in [0.1, 0.15) is 12.0 Å². The lowest BCUT2D eigenvalue weighted by Crippen LogP contribution is -2.42. The molecule has 0 bridgehead atoms.